The number of anilines is 1. The Labute approximate surface area is 185 Å². The number of hydrogen-bond donors (Lipinski definition) is 2. The van der Waals surface area contributed by atoms with Crippen LogP contribution in [0.2, 0.25) is 0 Å². The minimum Gasteiger partial charge on any atom is -0.440 e. The molecule has 2 amide bonds. The van der Waals surface area contributed by atoms with Gasteiger partial charge in [0.15, 0.2) is 0 Å². The summed E-state index contributed by atoms with van der Waals surface area (Å²) in [5.41, 5.74) is 3.88. The second-order valence-corrected chi connectivity index (χ2v) is 9.97. The molecule has 2 fully saturated rings. The van der Waals surface area contributed by atoms with Crippen molar-refractivity contribution in [3.05, 3.63) is 41.7 Å². The monoisotopic (exact) mass is 456 g/mol. The van der Waals surface area contributed by atoms with Crippen molar-refractivity contribution in [1.29, 1.82) is 4.78 Å². The molecular weight excluding hydrogens is 434 g/mol. The van der Waals surface area contributed by atoms with Crippen LogP contribution in [0.15, 0.2) is 41.0 Å². The molecule has 4 heterocycles. The molecule has 31 heavy (non-hydrogen) atoms. The van der Waals surface area contributed by atoms with E-state index in [4.69, 9.17) is 4.78 Å². The largest absolute Gasteiger partial charge is 0.440 e. The van der Waals surface area contributed by atoms with Crippen LogP contribution in [-0.4, -0.2) is 51.1 Å². The van der Waals surface area contributed by atoms with Crippen LogP contribution >= 0.6 is 11.3 Å². The molecule has 1 atom stereocenters. The topological polar surface area (TPSA) is 115 Å². The maximum atomic E-state index is 12.6. The van der Waals surface area contributed by atoms with Crippen molar-refractivity contribution in [2.24, 2.45) is 0 Å². The number of rotatable bonds is 4. The van der Waals surface area contributed by atoms with Crippen molar-refractivity contribution in [1.82, 2.24) is 25.2 Å². The lowest BCUT2D eigenvalue weighted by Gasteiger charge is -2.41. The minimum atomic E-state index is -1.89. The van der Waals surface area contributed by atoms with Gasteiger partial charge in [0.05, 0.1) is 27.8 Å². The smallest absolute Gasteiger partial charge is 0.324 e. The molecule has 11 heteroatoms. The van der Waals surface area contributed by atoms with Gasteiger partial charge in [-0.1, -0.05) is 11.0 Å². The average Bonchev–Trinajstić information content (AvgIpc) is 3.37. The van der Waals surface area contributed by atoms with Crippen LogP contribution in [0.5, 0.6) is 0 Å². The highest BCUT2D eigenvalue weighted by atomic mass is 32.2. The zero-order valence-electron chi connectivity index (χ0n) is 16.9. The van der Waals surface area contributed by atoms with E-state index in [-0.39, 0.29) is 28.5 Å². The van der Waals surface area contributed by atoms with E-state index in [1.807, 2.05) is 5.51 Å². The number of fused-ring (bicyclic) bond motifs is 1. The molecule has 0 saturated carbocycles. The van der Waals surface area contributed by atoms with E-state index in [1.54, 1.807) is 11.3 Å². The number of carbonyl (C=O) groups is 1. The SMILES string of the molecule is C[C@@H](c1ccc2scnc2c1)N1CCC2(CC1)CN(c1ncc([S-](=N)=O)cn1)C(=O)N2. The second kappa shape index (κ2) is 7.81. The predicted molar refractivity (Wildman–Crippen MR) is 119 cm³/mol. The normalized spacial score (nSPS) is 19.9. The lowest BCUT2D eigenvalue weighted by atomic mass is 9.87. The van der Waals surface area contributed by atoms with Gasteiger partial charge in [-0.2, -0.15) is 10.6 Å². The fourth-order valence-corrected chi connectivity index (χ4v) is 5.34. The van der Waals surface area contributed by atoms with Crippen molar-refractivity contribution in [2.45, 2.75) is 36.2 Å². The molecule has 162 valence electrons. The Balaban J connectivity index is 1.26. The summed E-state index contributed by atoms with van der Waals surface area (Å²) in [5, 5.41) is 3.15. The van der Waals surface area contributed by atoms with Gasteiger partial charge in [-0.15, -0.1) is 11.3 Å². The maximum Gasteiger partial charge on any atom is 0.324 e. The Bertz CT molecular complexity index is 1190. The molecule has 5 rings (SSSR count). The van der Waals surface area contributed by atoms with Gasteiger partial charge < -0.3 is 14.3 Å². The van der Waals surface area contributed by atoms with E-state index in [0.717, 1.165) is 31.4 Å². The highest BCUT2D eigenvalue weighted by molar-refractivity contribution is 7.73. The number of thiazole rings is 1. The number of likely N-dealkylation sites (tertiary alicyclic amines) is 1. The molecule has 9 nitrogen and oxygen atoms in total. The number of hydrogen-bond acceptors (Lipinski definition) is 9. The van der Waals surface area contributed by atoms with Crippen LogP contribution < -0.4 is 10.2 Å². The molecule has 0 aliphatic carbocycles. The molecule has 2 N–H and O–H groups in total. The zero-order valence-corrected chi connectivity index (χ0v) is 18.6. The molecule has 0 bridgehead atoms. The molecule has 0 radical (unpaired) electrons. The Morgan fingerprint density at radius 3 is 2.68 bits per heavy atom. The van der Waals surface area contributed by atoms with Gasteiger partial charge in [0.2, 0.25) is 5.95 Å². The van der Waals surface area contributed by atoms with E-state index in [9.17, 15) is 9.00 Å². The summed E-state index contributed by atoms with van der Waals surface area (Å²) in [6.07, 6.45) is 4.36. The van der Waals surface area contributed by atoms with Crippen molar-refractivity contribution in [3.63, 3.8) is 0 Å². The van der Waals surface area contributed by atoms with E-state index >= 15 is 0 Å². The van der Waals surface area contributed by atoms with Crippen molar-refractivity contribution in [3.8, 4) is 0 Å². The van der Waals surface area contributed by atoms with Gasteiger partial charge >= 0.3 is 6.03 Å². The highest BCUT2D eigenvalue weighted by Gasteiger charge is 2.46. The Hall–Kier alpha value is -2.63. The summed E-state index contributed by atoms with van der Waals surface area (Å²) in [4.78, 5) is 29.5. The molecular formula is C20H22N7O2S2-. The van der Waals surface area contributed by atoms with Gasteiger partial charge in [0, 0.05) is 31.5 Å². The van der Waals surface area contributed by atoms with Gasteiger partial charge in [-0.25, -0.2) is 19.7 Å². The van der Waals surface area contributed by atoms with Gasteiger partial charge in [-0.05, 0) is 37.5 Å². The van der Waals surface area contributed by atoms with E-state index in [1.165, 1.54) is 27.6 Å². The van der Waals surface area contributed by atoms with Crippen molar-refractivity contribution < 1.29 is 9.00 Å². The predicted octanol–water partition coefficient (Wildman–Crippen LogP) is 3.30. The molecule has 2 aliphatic rings. The lowest BCUT2D eigenvalue weighted by Crippen LogP contribution is -2.52. The quantitative estimate of drug-likeness (QED) is 0.582. The summed E-state index contributed by atoms with van der Waals surface area (Å²) in [6.45, 7) is 4.48. The maximum absolute atomic E-state index is 12.6. The second-order valence-electron chi connectivity index (χ2n) is 8.08. The fraction of sp³-hybridized carbons (Fsp3) is 0.400. The summed E-state index contributed by atoms with van der Waals surface area (Å²) >= 11 is 1.65. The van der Waals surface area contributed by atoms with Crippen LogP contribution in [0, 0.1) is 4.78 Å². The van der Waals surface area contributed by atoms with Gasteiger partial charge in [0.25, 0.3) is 0 Å². The standard InChI is InChI=1S/C20H22N7O2S2/c1-13(14-2-3-17-16(8-14)24-12-30-17)26-6-4-20(5-7-26)11-27(19(28)25-20)18-22-9-15(10-23-18)31(21)29/h2-3,8-10,12-13,21H,4-7,11H2,1H3,(H,25,28)/q-1/t13-/m0/s1. The molecule has 1 aromatic carbocycles. The molecule has 2 aliphatic heterocycles. The molecule has 1 spiro atoms. The van der Waals surface area contributed by atoms with Crippen LogP contribution in [0.4, 0.5) is 10.7 Å². The van der Waals surface area contributed by atoms with E-state index < -0.39 is 10.6 Å². The summed E-state index contributed by atoms with van der Waals surface area (Å²) < 4.78 is 19.7. The highest BCUT2D eigenvalue weighted by Crippen LogP contribution is 2.34. The Morgan fingerprint density at radius 2 is 1.97 bits per heavy atom. The van der Waals surface area contributed by atoms with E-state index in [2.05, 4.69) is 50.3 Å². The summed E-state index contributed by atoms with van der Waals surface area (Å²) in [5.74, 6) is 0.274. The van der Waals surface area contributed by atoms with Gasteiger partial charge in [0.1, 0.15) is 0 Å². The molecule has 2 saturated heterocycles. The fourth-order valence-electron chi connectivity index (χ4n) is 4.38. The van der Waals surface area contributed by atoms with Crippen LogP contribution in [0.25, 0.3) is 10.2 Å². The van der Waals surface area contributed by atoms with Crippen molar-refractivity contribution in [2.75, 3.05) is 24.5 Å². The summed E-state index contributed by atoms with van der Waals surface area (Å²) in [7, 11) is -1.89. The number of amides is 2. The molecule has 2 aromatic heterocycles. The number of nitrogens with zero attached hydrogens (tertiary/aromatic N) is 5. The Morgan fingerprint density at radius 1 is 1.23 bits per heavy atom. The number of carbonyl (C=O) groups excluding carboxylic acids is 1. The lowest BCUT2D eigenvalue weighted by molar-refractivity contribution is 0.121. The number of piperidine rings is 1. The summed E-state index contributed by atoms with van der Waals surface area (Å²) in [6, 6.07) is 6.55. The first kappa shape index (κ1) is 20.3. The van der Waals surface area contributed by atoms with E-state index in [0.29, 0.717) is 6.54 Å². The number of nitrogens with one attached hydrogen (secondary N) is 2. The Kier molecular flexibility index (Phi) is 5.11. The average molecular weight is 457 g/mol. The number of aromatic nitrogens is 3. The first-order valence-electron chi connectivity index (χ1n) is 10.1. The van der Waals surface area contributed by atoms with Crippen LogP contribution in [0.1, 0.15) is 31.4 Å². The molecule has 3 aromatic rings. The van der Waals surface area contributed by atoms with Crippen LogP contribution in [0.3, 0.4) is 0 Å². The number of urea groups is 1. The minimum absolute atomic E-state index is 0.213. The first-order chi connectivity index (χ1) is 14.9. The zero-order chi connectivity index (χ0) is 21.6. The third-order valence-corrected chi connectivity index (χ3v) is 7.74. The third kappa shape index (κ3) is 3.77. The third-order valence-electron chi connectivity index (χ3n) is 6.29. The van der Waals surface area contributed by atoms with Crippen molar-refractivity contribution >= 4 is 44.1 Å². The molecule has 0 unspecified atom stereocenters. The van der Waals surface area contributed by atoms with Crippen LogP contribution in [-0.2, 0) is 14.8 Å². The number of benzene rings is 1. The first-order valence-corrected chi connectivity index (χ1v) is 12.1. The van der Waals surface area contributed by atoms with Gasteiger partial charge in [-0.3, -0.25) is 9.80 Å².